The van der Waals surface area contributed by atoms with E-state index >= 15 is 0 Å². The molecular formula is C7H16N4O. The maximum Gasteiger partial charge on any atom is 0.248 e. The molecule has 3 N–H and O–H groups in total. The molecule has 5 heteroatoms. The first-order chi connectivity index (χ1) is 5.72. The zero-order valence-electron chi connectivity index (χ0n) is 7.42. The first-order valence-electron chi connectivity index (χ1n) is 4.12. The quantitative estimate of drug-likeness (QED) is 0.294. The fraction of sp³-hybridized carbons (Fsp3) is 0.857. The molecule has 1 amide bonds. The minimum Gasteiger partial charge on any atom is -0.304 e. The molecule has 0 aliphatic carbocycles. The van der Waals surface area contributed by atoms with E-state index in [4.69, 9.17) is 5.84 Å². The summed E-state index contributed by atoms with van der Waals surface area (Å²) in [6.07, 6.45) is 0. The average Bonchev–Trinajstić information content (AvgIpc) is 2.09. The molecule has 1 rings (SSSR count). The second-order valence-electron chi connectivity index (χ2n) is 3.15. The number of hydrazine groups is 1. The summed E-state index contributed by atoms with van der Waals surface area (Å²) in [7, 11) is 2.08. The highest BCUT2D eigenvalue weighted by Gasteiger charge is 2.15. The van der Waals surface area contributed by atoms with E-state index in [0.29, 0.717) is 6.54 Å². The van der Waals surface area contributed by atoms with Crippen molar-refractivity contribution in [2.45, 2.75) is 0 Å². The van der Waals surface area contributed by atoms with Crippen molar-refractivity contribution in [2.75, 3.05) is 39.8 Å². The smallest absolute Gasteiger partial charge is 0.248 e. The minimum atomic E-state index is -0.112. The number of likely N-dealkylation sites (N-methyl/N-ethyl adjacent to an activating group) is 1. The minimum absolute atomic E-state index is 0.112. The fourth-order valence-electron chi connectivity index (χ4n) is 1.25. The van der Waals surface area contributed by atoms with Gasteiger partial charge < -0.3 is 4.90 Å². The van der Waals surface area contributed by atoms with Gasteiger partial charge in [-0.3, -0.25) is 15.1 Å². The summed E-state index contributed by atoms with van der Waals surface area (Å²) in [5, 5.41) is 0. The van der Waals surface area contributed by atoms with E-state index < -0.39 is 0 Å². The van der Waals surface area contributed by atoms with Crippen molar-refractivity contribution >= 4 is 5.91 Å². The molecule has 1 aliphatic rings. The van der Waals surface area contributed by atoms with Crippen molar-refractivity contribution in [1.82, 2.24) is 15.2 Å². The maximum absolute atomic E-state index is 10.9. The first-order valence-corrected chi connectivity index (χ1v) is 4.12. The molecule has 0 radical (unpaired) electrons. The molecule has 1 saturated heterocycles. The molecule has 0 aromatic carbocycles. The van der Waals surface area contributed by atoms with Gasteiger partial charge in [-0.05, 0) is 7.05 Å². The molecule has 0 saturated carbocycles. The lowest BCUT2D eigenvalue weighted by molar-refractivity contribution is -0.122. The van der Waals surface area contributed by atoms with Crippen LogP contribution >= 0.6 is 0 Å². The highest BCUT2D eigenvalue weighted by atomic mass is 16.2. The van der Waals surface area contributed by atoms with Crippen molar-refractivity contribution in [3.8, 4) is 0 Å². The molecule has 0 unspecified atom stereocenters. The van der Waals surface area contributed by atoms with Crippen LogP contribution in [0.4, 0.5) is 0 Å². The van der Waals surface area contributed by atoms with Crippen LogP contribution in [0.3, 0.4) is 0 Å². The largest absolute Gasteiger partial charge is 0.304 e. The van der Waals surface area contributed by atoms with E-state index in [2.05, 4.69) is 22.3 Å². The highest BCUT2D eigenvalue weighted by molar-refractivity contribution is 5.77. The molecule has 0 bridgehead atoms. The number of rotatable bonds is 2. The van der Waals surface area contributed by atoms with Crippen LogP contribution in [-0.4, -0.2) is 55.5 Å². The van der Waals surface area contributed by atoms with Gasteiger partial charge in [-0.15, -0.1) is 0 Å². The molecule has 1 heterocycles. The molecule has 0 spiro atoms. The molecule has 1 fully saturated rings. The van der Waals surface area contributed by atoms with Crippen molar-refractivity contribution in [1.29, 1.82) is 0 Å². The molecule has 12 heavy (non-hydrogen) atoms. The van der Waals surface area contributed by atoms with Gasteiger partial charge in [-0.25, -0.2) is 5.84 Å². The van der Waals surface area contributed by atoms with Gasteiger partial charge in [-0.2, -0.15) is 0 Å². The first kappa shape index (κ1) is 9.44. The van der Waals surface area contributed by atoms with Crippen molar-refractivity contribution in [2.24, 2.45) is 5.84 Å². The van der Waals surface area contributed by atoms with Gasteiger partial charge >= 0.3 is 0 Å². The molecule has 70 valence electrons. The standard InChI is InChI=1S/C7H16N4O/c1-10-2-4-11(5-3-10)6-7(12)9-8/h2-6,8H2,1H3,(H,9,12). The van der Waals surface area contributed by atoms with Gasteiger partial charge in [0.2, 0.25) is 5.91 Å². The number of hydrogen-bond donors (Lipinski definition) is 2. The van der Waals surface area contributed by atoms with Gasteiger partial charge in [0.1, 0.15) is 0 Å². The Hall–Kier alpha value is -0.650. The third-order valence-electron chi connectivity index (χ3n) is 2.12. The van der Waals surface area contributed by atoms with Gasteiger partial charge in [0, 0.05) is 26.2 Å². The second-order valence-corrected chi connectivity index (χ2v) is 3.15. The Balaban J connectivity index is 2.21. The van der Waals surface area contributed by atoms with Crippen molar-refractivity contribution in [3.05, 3.63) is 0 Å². The average molecular weight is 172 g/mol. The van der Waals surface area contributed by atoms with Crippen LogP contribution in [0.25, 0.3) is 0 Å². The number of nitrogens with two attached hydrogens (primary N) is 1. The van der Waals surface area contributed by atoms with Crippen molar-refractivity contribution in [3.63, 3.8) is 0 Å². The lowest BCUT2D eigenvalue weighted by atomic mass is 10.3. The highest BCUT2D eigenvalue weighted by Crippen LogP contribution is 1.97. The summed E-state index contributed by atoms with van der Waals surface area (Å²) in [4.78, 5) is 15.2. The molecule has 5 nitrogen and oxygen atoms in total. The van der Waals surface area contributed by atoms with E-state index in [1.165, 1.54) is 0 Å². The molecule has 0 atom stereocenters. The zero-order chi connectivity index (χ0) is 8.97. The van der Waals surface area contributed by atoms with Crippen LogP contribution in [-0.2, 0) is 4.79 Å². The number of hydrogen-bond acceptors (Lipinski definition) is 4. The summed E-state index contributed by atoms with van der Waals surface area (Å²) < 4.78 is 0. The van der Waals surface area contributed by atoms with E-state index in [-0.39, 0.29) is 5.91 Å². The monoisotopic (exact) mass is 172 g/mol. The van der Waals surface area contributed by atoms with Gasteiger partial charge in [0.15, 0.2) is 0 Å². The zero-order valence-corrected chi connectivity index (χ0v) is 7.42. The number of nitrogens with zero attached hydrogens (tertiary/aromatic N) is 2. The summed E-state index contributed by atoms with van der Waals surface area (Å²) in [5.74, 6) is 4.87. The number of nitrogens with one attached hydrogen (secondary N) is 1. The van der Waals surface area contributed by atoms with Crippen molar-refractivity contribution < 1.29 is 4.79 Å². The van der Waals surface area contributed by atoms with Gasteiger partial charge in [-0.1, -0.05) is 0 Å². The Morgan fingerprint density at radius 2 is 2.00 bits per heavy atom. The third kappa shape index (κ3) is 2.77. The van der Waals surface area contributed by atoms with Gasteiger partial charge in [0.05, 0.1) is 6.54 Å². The number of amides is 1. The summed E-state index contributed by atoms with van der Waals surface area (Å²) >= 11 is 0. The van der Waals surface area contributed by atoms with E-state index in [1.807, 2.05) is 0 Å². The number of piperazine rings is 1. The topological polar surface area (TPSA) is 61.6 Å². The predicted molar refractivity (Wildman–Crippen MR) is 46.3 cm³/mol. The Kier molecular flexibility index (Phi) is 3.46. The van der Waals surface area contributed by atoms with Crippen LogP contribution in [0, 0.1) is 0 Å². The third-order valence-corrected chi connectivity index (χ3v) is 2.12. The number of carbonyl (C=O) groups is 1. The molecular weight excluding hydrogens is 156 g/mol. The number of carbonyl (C=O) groups excluding carboxylic acids is 1. The lowest BCUT2D eigenvalue weighted by Crippen LogP contribution is -2.49. The van der Waals surface area contributed by atoms with Crippen LogP contribution in [0.2, 0.25) is 0 Å². The molecule has 0 aromatic rings. The predicted octanol–water partition coefficient (Wildman–Crippen LogP) is -1.78. The van der Waals surface area contributed by atoms with E-state index in [0.717, 1.165) is 26.2 Å². The van der Waals surface area contributed by atoms with Crippen LogP contribution < -0.4 is 11.3 Å². The van der Waals surface area contributed by atoms with Crippen LogP contribution in [0.15, 0.2) is 0 Å². The Bertz CT molecular complexity index is 153. The Morgan fingerprint density at radius 1 is 1.42 bits per heavy atom. The summed E-state index contributed by atoms with van der Waals surface area (Å²) in [6, 6.07) is 0. The van der Waals surface area contributed by atoms with Crippen LogP contribution in [0.1, 0.15) is 0 Å². The fourth-order valence-corrected chi connectivity index (χ4v) is 1.25. The van der Waals surface area contributed by atoms with E-state index in [9.17, 15) is 4.79 Å². The molecule has 1 aliphatic heterocycles. The van der Waals surface area contributed by atoms with E-state index in [1.54, 1.807) is 0 Å². The lowest BCUT2D eigenvalue weighted by Gasteiger charge is -2.31. The second kappa shape index (κ2) is 4.39. The normalized spacial score (nSPS) is 20.8. The Labute approximate surface area is 72.5 Å². The SMILES string of the molecule is CN1CCN(CC(=O)NN)CC1. The summed E-state index contributed by atoms with van der Waals surface area (Å²) in [6.45, 7) is 4.37. The van der Waals surface area contributed by atoms with Gasteiger partial charge in [0.25, 0.3) is 0 Å². The summed E-state index contributed by atoms with van der Waals surface area (Å²) in [5.41, 5.74) is 2.13. The Morgan fingerprint density at radius 3 is 2.50 bits per heavy atom. The maximum atomic E-state index is 10.9. The molecule has 0 aromatic heterocycles. The van der Waals surface area contributed by atoms with Crippen LogP contribution in [0.5, 0.6) is 0 Å².